The highest BCUT2D eigenvalue weighted by Crippen LogP contribution is 2.45. The Morgan fingerprint density at radius 3 is 2.14 bits per heavy atom. The summed E-state index contributed by atoms with van der Waals surface area (Å²) in [6.45, 7) is 9.49. The second-order valence-electron chi connectivity index (χ2n) is 5.50. The van der Waals surface area contributed by atoms with Gasteiger partial charge in [0, 0.05) is 18.1 Å². The highest BCUT2D eigenvalue weighted by molar-refractivity contribution is 5.01. The maximum absolute atomic E-state index is 2.79. The summed E-state index contributed by atoms with van der Waals surface area (Å²) in [5.41, 5.74) is 0. The van der Waals surface area contributed by atoms with Gasteiger partial charge in [-0.3, -0.25) is 4.90 Å². The molecule has 1 aliphatic carbocycles. The first-order valence-corrected chi connectivity index (χ1v) is 5.88. The van der Waals surface area contributed by atoms with Gasteiger partial charge in [-0.2, -0.15) is 0 Å². The van der Waals surface area contributed by atoms with Crippen molar-refractivity contribution in [2.75, 3.05) is 0 Å². The molecular formula is C13H27N. The lowest BCUT2D eigenvalue weighted by atomic mass is 9.89. The minimum atomic E-state index is 0. The highest BCUT2D eigenvalue weighted by atomic mass is 15.3. The molecule has 2 bridgehead atoms. The number of fused-ring (bicyclic) bond motifs is 2. The van der Waals surface area contributed by atoms with Gasteiger partial charge in [0.15, 0.2) is 0 Å². The van der Waals surface area contributed by atoms with Crippen molar-refractivity contribution in [3.63, 3.8) is 0 Å². The summed E-state index contributed by atoms with van der Waals surface area (Å²) in [6, 6.07) is 2.57. The first-order chi connectivity index (χ1) is 6.11. The van der Waals surface area contributed by atoms with E-state index in [1.165, 1.54) is 19.3 Å². The number of piperidine rings is 1. The van der Waals surface area contributed by atoms with Crippen molar-refractivity contribution in [1.29, 1.82) is 0 Å². The summed E-state index contributed by atoms with van der Waals surface area (Å²) in [5.74, 6) is 1.87. The fourth-order valence-electron chi connectivity index (χ4n) is 3.71. The largest absolute Gasteiger partial charge is 0.295 e. The van der Waals surface area contributed by atoms with Crippen molar-refractivity contribution < 1.29 is 0 Å². The molecular weight excluding hydrogens is 170 g/mol. The summed E-state index contributed by atoms with van der Waals surface area (Å²) in [5, 5.41) is 0. The Morgan fingerprint density at radius 1 is 1.07 bits per heavy atom. The van der Waals surface area contributed by atoms with Gasteiger partial charge >= 0.3 is 0 Å². The van der Waals surface area contributed by atoms with Gasteiger partial charge in [0.1, 0.15) is 0 Å². The smallest absolute Gasteiger partial charge is 0.0153 e. The zero-order valence-corrected chi connectivity index (χ0v) is 9.46. The van der Waals surface area contributed by atoms with Crippen molar-refractivity contribution in [3.8, 4) is 0 Å². The van der Waals surface area contributed by atoms with Gasteiger partial charge in [0.2, 0.25) is 0 Å². The van der Waals surface area contributed by atoms with E-state index in [0.29, 0.717) is 0 Å². The minimum absolute atomic E-state index is 0. The Morgan fingerprint density at radius 2 is 1.71 bits per heavy atom. The molecule has 2 rings (SSSR count). The molecule has 14 heavy (non-hydrogen) atoms. The monoisotopic (exact) mass is 197 g/mol. The molecule has 1 saturated heterocycles. The number of rotatable bonds is 2. The molecule has 0 spiro atoms. The predicted molar refractivity (Wildman–Crippen MR) is 63.5 cm³/mol. The molecule has 0 aromatic heterocycles. The van der Waals surface area contributed by atoms with Crippen LogP contribution in [0.15, 0.2) is 0 Å². The highest BCUT2D eigenvalue weighted by Gasteiger charge is 2.47. The lowest BCUT2D eigenvalue weighted by Crippen LogP contribution is -2.47. The lowest BCUT2D eigenvalue weighted by molar-refractivity contribution is 0.0732. The van der Waals surface area contributed by atoms with Gasteiger partial charge in [0.05, 0.1) is 0 Å². The number of hydrogen-bond acceptors (Lipinski definition) is 1. The first kappa shape index (κ1) is 12.0. The molecule has 0 N–H and O–H groups in total. The number of likely N-dealkylation sites (tertiary alicyclic amines) is 1. The van der Waals surface area contributed by atoms with E-state index in [2.05, 4.69) is 32.6 Å². The Balaban J connectivity index is 0.000000980. The van der Waals surface area contributed by atoms with Gasteiger partial charge in [-0.05, 0) is 44.9 Å². The van der Waals surface area contributed by atoms with Crippen LogP contribution in [0.1, 0.15) is 54.4 Å². The topological polar surface area (TPSA) is 3.24 Å². The van der Waals surface area contributed by atoms with Crippen LogP contribution in [0.3, 0.4) is 0 Å². The number of hydrogen-bond donors (Lipinski definition) is 0. The molecule has 1 heterocycles. The average molecular weight is 197 g/mol. The fourth-order valence-corrected chi connectivity index (χ4v) is 3.71. The third kappa shape index (κ3) is 1.71. The summed E-state index contributed by atoms with van der Waals surface area (Å²) < 4.78 is 0. The molecule has 1 unspecified atom stereocenters. The second kappa shape index (κ2) is 4.22. The molecule has 0 aromatic carbocycles. The van der Waals surface area contributed by atoms with Crippen LogP contribution in [0, 0.1) is 11.8 Å². The van der Waals surface area contributed by atoms with E-state index < -0.39 is 0 Å². The normalized spacial score (nSPS) is 36.9. The molecule has 2 fully saturated rings. The van der Waals surface area contributed by atoms with E-state index in [4.69, 9.17) is 0 Å². The van der Waals surface area contributed by atoms with E-state index in [9.17, 15) is 0 Å². The van der Waals surface area contributed by atoms with Crippen LogP contribution in [0.25, 0.3) is 0 Å². The molecule has 1 saturated carbocycles. The van der Waals surface area contributed by atoms with Gasteiger partial charge in [0.25, 0.3) is 0 Å². The Labute approximate surface area is 89.9 Å². The van der Waals surface area contributed by atoms with E-state index >= 15 is 0 Å². The van der Waals surface area contributed by atoms with Gasteiger partial charge in [-0.15, -0.1) is 0 Å². The molecule has 0 aromatic rings. The molecule has 0 radical (unpaired) electrons. The van der Waals surface area contributed by atoms with E-state index in [0.717, 1.165) is 30.0 Å². The van der Waals surface area contributed by atoms with Gasteiger partial charge in [-0.1, -0.05) is 21.3 Å². The molecule has 84 valence electrons. The maximum Gasteiger partial charge on any atom is 0.0153 e. The molecule has 1 heteroatoms. The van der Waals surface area contributed by atoms with E-state index in [1.807, 2.05) is 0 Å². The van der Waals surface area contributed by atoms with Crippen molar-refractivity contribution >= 4 is 0 Å². The van der Waals surface area contributed by atoms with Crippen LogP contribution in [-0.4, -0.2) is 23.0 Å². The summed E-state index contributed by atoms with van der Waals surface area (Å²) in [7, 11) is 0. The minimum Gasteiger partial charge on any atom is -0.295 e. The SMILES string of the molecule is C.CC(C)C1[C@@H]2CC[C@@H](C2)N1C(C)C. The van der Waals surface area contributed by atoms with Crippen molar-refractivity contribution in [3.05, 3.63) is 0 Å². The predicted octanol–water partition coefficient (Wildman–Crippen LogP) is 3.54. The Hall–Kier alpha value is -0.0400. The van der Waals surface area contributed by atoms with Crippen molar-refractivity contribution in [2.24, 2.45) is 11.8 Å². The first-order valence-electron chi connectivity index (χ1n) is 5.88. The van der Waals surface area contributed by atoms with Crippen LogP contribution >= 0.6 is 0 Å². The molecule has 1 nitrogen and oxygen atoms in total. The van der Waals surface area contributed by atoms with E-state index in [-0.39, 0.29) is 7.43 Å². The molecule has 2 aliphatic rings. The van der Waals surface area contributed by atoms with Crippen LogP contribution in [-0.2, 0) is 0 Å². The zero-order valence-electron chi connectivity index (χ0n) is 9.46. The molecule has 3 atom stereocenters. The van der Waals surface area contributed by atoms with Gasteiger partial charge in [-0.25, -0.2) is 0 Å². The quantitative estimate of drug-likeness (QED) is 0.654. The van der Waals surface area contributed by atoms with Crippen LogP contribution in [0.5, 0.6) is 0 Å². The van der Waals surface area contributed by atoms with Crippen molar-refractivity contribution in [1.82, 2.24) is 4.90 Å². The fraction of sp³-hybridized carbons (Fsp3) is 1.00. The third-order valence-corrected chi connectivity index (χ3v) is 3.97. The average Bonchev–Trinajstić information content (AvgIpc) is 2.60. The van der Waals surface area contributed by atoms with Crippen LogP contribution < -0.4 is 0 Å². The van der Waals surface area contributed by atoms with Crippen molar-refractivity contribution in [2.45, 2.75) is 72.5 Å². The lowest BCUT2D eigenvalue weighted by Gasteiger charge is -2.40. The maximum atomic E-state index is 2.79. The summed E-state index contributed by atoms with van der Waals surface area (Å²) in [4.78, 5) is 2.79. The Kier molecular flexibility index (Phi) is 3.63. The Bertz CT molecular complexity index is 166. The van der Waals surface area contributed by atoms with E-state index in [1.54, 1.807) is 0 Å². The third-order valence-electron chi connectivity index (χ3n) is 3.97. The summed E-state index contributed by atoms with van der Waals surface area (Å²) >= 11 is 0. The van der Waals surface area contributed by atoms with Crippen LogP contribution in [0.2, 0.25) is 0 Å². The number of nitrogens with zero attached hydrogens (tertiary/aromatic N) is 1. The standard InChI is InChI=1S/C12H23N.CH4/c1-8(2)12-10-5-6-11(7-10)13(12)9(3)4;/h8-12H,5-7H2,1-4H3;1H4/t10-,11+,12?;/m1./s1. The molecule has 1 aliphatic heterocycles. The summed E-state index contributed by atoms with van der Waals surface area (Å²) in [6.07, 6.45) is 4.45. The second-order valence-corrected chi connectivity index (χ2v) is 5.50. The van der Waals surface area contributed by atoms with Crippen LogP contribution in [0.4, 0.5) is 0 Å². The van der Waals surface area contributed by atoms with Gasteiger partial charge < -0.3 is 0 Å². The molecule has 0 amide bonds. The zero-order chi connectivity index (χ0) is 9.59.